The molecule has 1 saturated heterocycles. The van der Waals surface area contributed by atoms with Gasteiger partial charge in [0, 0.05) is 57.4 Å². The molecule has 3 heterocycles. The molecule has 0 aromatic carbocycles. The Bertz CT molecular complexity index is 484. The van der Waals surface area contributed by atoms with Gasteiger partial charge < -0.3 is 9.64 Å². The summed E-state index contributed by atoms with van der Waals surface area (Å²) in [6.45, 7) is 10.5. The predicted molar refractivity (Wildman–Crippen MR) is 88.4 cm³/mol. The molecule has 3 rings (SSSR count). The maximum Gasteiger partial charge on any atom is 0.135 e. The highest BCUT2D eigenvalue weighted by Crippen LogP contribution is 2.25. The fourth-order valence-electron chi connectivity index (χ4n) is 3.74. The summed E-state index contributed by atoms with van der Waals surface area (Å²) in [7, 11) is 0. The molecule has 0 saturated carbocycles. The maximum absolute atomic E-state index is 5.51. The van der Waals surface area contributed by atoms with E-state index in [0.29, 0.717) is 6.04 Å². The van der Waals surface area contributed by atoms with Crippen LogP contribution in [0.3, 0.4) is 0 Å². The third kappa shape index (κ3) is 3.25. The van der Waals surface area contributed by atoms with Crippen molar-refractivity contribution in [1.29, 1.82) is 0 Å². The molecule has 0 spiro atoms. The van der Waals surface area contributed by atoms with E-state index in [1.807, 2.05) is 0 Å². The first kappa shape index (κ1) is 15.7. The van der Waals surface area contributed by atoms with E-state index in [1.54, 1.807) is 6.33 Å². The number of aromatic nitrogens is 2. The predicted octanol–water partition coefficient (Wildman–Crippen LogP) is 1.90. The lowest BCUT2D eigenvalue weighted by Gasteiger charge is -2.33. The Balaban J connectivity index is 1.77. The first-order chi connectivity index (χ1) is 10.8. The van der Waals surface area contributed by atoms with Crippen molar-refractivity contribution >= 4 is 5.82 Å². The van der Waals surface area contributed by atoms with E-state index in [0.717, 1.165) is 58.1 Å². The first-order valence-electron chi connectivity index (χ1n) is 8.73. The van der Waals surface area contributed by atoms with Gasteiger partial charge in [-0.3, -0.25) is 4.90 Å². The van der Waals surface area contributed by atoms with Crippen LogP contribution in [0.1, 0.15) is 37.9 Å². The van der Waals surface area contributed by atoms with Gasteiger partial charge in [-0.25, -0.2) is 9.97 Å². The quantitative estimate of drug-likeness (QED) is 0.850. The van der Waals surface area contributed by atoms with Crippen LogP contribution in [0, 0.1) is 0 Å². The second-order valence-corrected chi connectivity index (χ2v) is 6.17. The molecular weight excluding hydrogens is 276 g/mol. The molecule has 0 unspecified atom stereocenters. The topological polar surface area (TPSA) is 41.5 Å². The molecule has 0 aliphatic carbocycles. The summed E-state index contributed by atoms with van der Waals surface area (Å²) in [5, 5.41) is 0. The van der Waals surface area contributed by atoms with Crippen LogP contribution in [0.2, 0.25) is 0 Å². The van der Waals surface area contributed by atoms with Gasteiger partial charge in [-0.05, 0) is 33.1 Å². The molecule has 122 valence electrons. The normalized spacial score (nSPS) is 20.5. The SMILES string of the molecule is CCN(CC)c1ncnc2c1CCN(C1CCOCC1)CC2. The van der Waals surface area contributed by atoms with E-state index >= 15 is 0 Å². The lowest BCUT2D eigenvalue weighted by molar-refractivity contribution is 0.0355. The van der Waals surface area contributed by atoms with Crippen molar-refractivity contribution in [3.05, 3.63) is 17.6 Å². The van der Waals surface area contributed by atoms with Gasteiger partial charge in [0.15, 0.2) is 0 Å². The van der Waals surface area contributed by atoms with Gasteiger partial charge in [-0.1, -0.05) is 0 Å². The molecule has 1 fully saturated rings. The summed E-state index contributed by atoms with van der Waals surface area (Å²) in [5.74, 6) is 1.16. The van der Waals surface area contributed by atoms with Crippen molar-refractivity contribution in [2.24, 2.45) is 0 Å². The number of rotatable bonds is 4. The lowest BCUT2D eigenvalue weighted by Crippen LogP contribution is -2.40. The number of fused-ring (bicyclic) bond motifs is 1. The van der Waals surface area contributed by atoms with Crippen molar-refractivity contribution in [3.63, 3.8) is 0 Å². The van der Waals surface area contributed by atoms with E-state index < -0.39 is 0 Å². The monoisotopic (exact) mass is 304 g/mol. The molecule has 5 nitrogen and oxygen atoms in total. The Morgan fingerprint density at radius 1 is 1.14 bits per heavy atom. The maximum atomic E-state index is 5.51. The Morgan fingerprint density at radius 2 is 1.86 bits per heavy atom. The number of nitrogens with zero attached hydrogens (tertiary/aromatic N) is 4. The van der Waals surface area contributed by atoms with E-state index in [-0.39, 0.29) is 0 Å². The minimum absolute atomic E-state index is 0.688. The summed E-state index contributed by atoms with van der Waals surface area (Å²) in [6, 6.07) is 0.688. The summed E-state index contributed by atoms with van der Waals surface area (Å²) in [6.07, 6.45) is 6.20. The van der Waals surface area contributed by atoms with Crippen LogP contribution in [0.4, 0.5) is 5.82 Å². The smallest absolute Gasteiger partial charge is 0.135 e. The summed E-state index contributed by atoms with van der Waals surface area (Å²) >= 11 is 0. The largest absolute Gasteiger partial charge is 0.381 e. The Labute approximate surface area is 133 Å². The van der Waals surface area contributed by atoms with Crippen LogP contribution in [0.25, 0.3) is 0 Å². The van der Waals surface area contributed by atoms with Gasteiger partial charge in [-0.15, -0.1) is 0 Å². The van der Waals surface area contributed by atoms with E-state index in [9.17, 15) is 0 Å². The molecule has 0 N–H and O–H groups in total. The third-order valence-electron chi connectivity index (χ3n) is 5.07. The molecule has 1 aromatic heterocycles. The van der Waals surface area contributed by atoms with Gasteiger partial charge in [0.1, 0.15) is 12.1 Å². The van der Waals surface area contributed by atoms with Crippen molar-refractivity contribution in [2.45, 2.75) is 45.6 Å². The second kappa shape index (κ2) is 7.38. The van der Waals surface area contributed by atoms with Crippen LogP contribution < -0.4 is 4.90 Å². The highest BCUT2D eigenvalue weighted by Gasteiger charge is 2.26. The molecule has 0 atom stereocenters. The molecule has 22 heavy (non-hydrogen) atoms. The summed E-state index contributed by atoms with van der Waals surface area (Å²) in [4.78, 5) is 14.2. The summed E-state index contributed by atoms with van der Waals surface area (Å²) in [5.41, 5.74) is 2.63. The number of ether oxygens (including phenoxy) is 1. The first-order valence-corrected chi connectivity index (χ1v) is 8.73. The summed E-state index contributed by atoms with van der Waals surface area (Å²) < 4.78 is 5.51. The van der Waals surface area contributed by atoms with Crippen molar-refractivity contribution in [3.8, 4) is 0 Å². The Morgan fingerprint density at radius 3 is 2.59 bits per heavy atom. The Kier molecular flexibility index (Phi) is 5.26. The van der Waals surface area contributed by atoms with Crippen molar-refractivity contribution in [1.82, 2.24) is 14.9 Å². The zero-order valence-electron chi connectivity index (χ0n) is 13.9. The standard InChI is InChI=1S/C17H28N4O/c1-3-20(4-2)17-15-5-9-21(14-7-11-22-12-8-14)10-6-16(15)18-13-19-17/h13-14H,3-12H2,1-2H3. The van der Waals surface area contributed by atoms with Gasteiger partial charge in [0.25, 0.3) is 0 Å². The molecule has 5 heteroatoms. The number of hydrogen-bond donors (Lipinski definition) is 0. The fraction of sp³-hybridized carbons (Fsp3) is 0.765. The number of anilines is 1. The van der Waals surface area contributed by atoms with E-state index in [4.69, 9.17) is 4.74 Å². The van der Waals surface area contributed by atoms with Crippen molar-refractivity contribution < 1.29 is 4.74 Å². The molecule has 0 amide bonds. The van der Waals surface area contributed by atoms with Crippen molar-refractivity contribution in [2.75, 3.05) is 44.3 Å². The van der Waals surface area contributed by atoms with Crippen LogP contribution in [0.5, 0.6) is 0 Å². The lowest BCUT2D eigenvalue weighted by atomic mass is 10.1. The highest BCUT2D eigenvalue weighted by atomic mass is 16.5. The van der Waals surface area contributed by atoms with Gasteiger partial charge in [0.05, 0.1) is 5.69 Å². The van der Waals surface area contributed by atoms with Crippen LogP contribution in [-0.2, 0) is 17.6 Å². The molecule has 2 aliphatic rings. The zero-order valence-corrected chi connectivity index (χ0v) is 13.9. The van der Waals surface area contributed by atoms with Crippen LogP contribution in [0.15, 0.2) is 6.33 Å². The van der Waals surface area contributed by atoms with Gasteiger partial charge in [-0.2, -0.15) is 0 Å². The Hall–Kier alpha value is -1.20. The van der Waals surface area contributed by atoms with Crippen LogP contribution >= 0.6 is 0 Å². The van der Waals surface area contributed by atoms with Gasteiger partial charge >= 0.3 is 0 Å². The molecule has 0 radical (unpaired) electrons. The second-order valence-electron chi connectivity index (χ2n) is 6.17. The van der Waals surface area contributed by atoms with E-state index in [2.05, 4.69) is 33.6 Å². The minimum atomic E-state index is 0.688. The average Bonchev–Trinajstić information content (AvgIpc) is 2.80. The minimum Gasteiger partial charge on any atom is -0.381 e. The molecule has 2 aliphatic heterocycles. The molecular formula is C17H28N4O. The fourth-order valence-corrected chi connectivity index (χ4v) is 3.74. The van der Waals surface area contributed by atoms with Gasteiger partial charge in [0.2, 0.25) is 0 Å². The molecule has 0 bridgehead atoms. The highest BCUT2D eigenvalue weighted by molar-refractivity contribution is 5.49. The van der Waals surface area contributed by atoms with E-state index in [1.165, 1.54) is 24.1 Å². The zero-order chi connectivity index (χ0) is 15.4. The third-order valence-corrected chi connectivity index (χ3v) is 5.07. The average molecular weight is 304 g/mol. The van der Waals surface area contributed by atoms with Crippen LogP contribution in [-0.4, -0.2) is 60.3 Å². The molecule has 1 aromatic rings. The number of hydrogen-bond acceptors (Lipinski definition) is 5.